The van der Waals surface area contributed by atoms with E-state index >= 15 is 0 Å². The van der Waals surface area contributed by atoms with Gasteiger partial charge in [-0.1, -0.05) is 11.6 Å². The van der Waals surface area contributed by atoms with E-state index in [0.717, 1.165) is 0 Å². The predicted molar refractivity (Wildman–Crippen MR) is 84.4 cm³/mol. The van der Waals surface area contributed by atoms with Crippen molar-refractivity contribution in [2.75, 3.05) is 6.61 Å². The summed E-state index contributed by atoms with van der Waals surface area (Å²) in [4.78, 5) is 36.5. The number of Topliss-reactive ketones (excluding diaryl/α,β-unsaturated/α-hetero) is 3. The highest BCUT2D eigenvalue weighted by atomic mass is 16.5. The normalized spacial score (nSPS) is 22.2. The number of hydrogen-bond acceptors (Lipinski definition) is 6. The van der Waals surface area contributed by atoms with Crippen LogP contribution >= 0.6 is 0 Å². The first kappa shape index (κ1) is 16.0. The van der Waals surface area contributed by atoms with Crippen molar-refractivity contribution in [2.45, 2.75) is 13.8 Å². The molecule has 0 saturated carbocycles. The Bertz CT molecular complexity index is 830. The molecule has 2 N–H and O–H groups in total. The van der Waals surface area contributed by atoms with E-state index < -0.39 is 23.4 Å². The second-order valence-electron chi connectivity index (χ2n) is 6.07. The molecule has 1 aromatic rings. The molecule has 0 saturated heterocycles. The number of benzene rings is 1. The van der Waals surface area contributed by atoms with Gasteiger partial charge < -0.3 is 14.9 Å². The summed E-state index contributed by atoms with van der Waals surface area (Å²) in [5, 5.41) is 20.2. The second-order valence-corrected chi connectivity index (χ2v) is 6.07. The second kappa shape index (κ2) is 5.63. The molecule has 2 atom stereocenters. The third-order valence-corrected chi connectivity index (χ3v) is 4.13. The van der Waals surface area contributed by atoms with Crippen molar-refractivity contribution in [3.63, 3.8) is 0 Å². The lowest BCUT2D eigenvalue weighted by Gasteiger charge is -2.31. The summed E-state index contributed by atoms with van der Waals surface area (Å²) < 4.78 is 5.23. The Balaban J connectivity index is 2.09. The van der Waals surface area contributed by atoms with E-state index in [-0.39, 0.29) is 40.8 Å². The first-order valence-corrected chi connectivity index (χ1v) is 7.46. The Morgan fingerprint density at radius 3 is 2.58 bits per heavy atom. The van der Waals surface area contributed by atoms with Gasteiger partial charge in [-0.25, -0.2) is 0 Å². The van der Waals surface area contributed by atoms with E-state index in [0.29, 0.717) is 5.57 Å². The van der Waals surface area contributed by atoms with Gasteiger partial charge in [0.2, 0.25) is 0 Å². The number of fused-ring (bicyclic) bond motifs is 2. The number of carbonyl (C=O) groups excluding carboxylic acids is 3. The van der Waals surface area contributed by atoms with Crippen LogP contribution in [-0.2, 0) is 4.79 Å². The zero-order valence-electron chi connectivity index (χ0n) is 13.2. The third kappa shape index (κ3) is 2.50. The van der Waals surface area contributed by atoms with E-state index in [9.17, 15) is 24.6 Å². The van der Waals surface area contributed by atoms with Crippen molar-refractivity contribution >= 4 is 17.3 Å². The Labute approximate surface area is 138 Å². The Kier molecular flexibility index (Phi) is 3.75. The van der Waals surface area contributed by atoms with Crippen molar-refractivity contribution in [1.29, 1.82) is 0 Å². The maximum absolute atomic E-state index is 12.8. The number of ether oxygens (including phenoxy) is 1. The molecule has 2 aliphatic rings. The predicted octanol–water partition coefficient (Wildman–Crippen LogP) is 2.37. The topological polar surface area (TPSA) is 101 Å². The molecule has 2 aliphatic carbocycles. The molecule has 6 nitrogen and oxygen atoms in total. The smallest absolute Gasteiger partial charge is 0.178 e. The number of carbonyl (C=O) groups is 3. The molecule has 0 radical (unpaired) electrons. The van der Waals surface area contributed by atoms with Crippen molar-refractivity contribution in [1.82, 2.24) is 0 Å². The number of ketones is 3. The fourth-order valence-electron chi connectivity index (χ4n) is 3.12. The molecule has 2 unspecified atom stereocenters. The van der Waals surface area contributed by atoms with Gasteiger partial charge in [0.25, 0.3) is 0 Å². The Morgan fingerprint density at radius 2 is 1.92 bits per heavy atom. The number of aliphatic hydroxyl groups excluding tert-OH is 1. The SMILES string of the molecule is CC(=O)COc1cc(O)c2c(c1)C(=O)C1C=C(C)C=C(O)C1C2=O. The van der Waals surface area contributed by atoms with Crippen LogP contribution in [0.25, 0.3) is 0 Å². The molecule has 0 amide bonds. The van der Waals surface area contributed by atoms with Crippen molar-refractivity contribution in [3.05, 3.63) is 46.7 Å². The standard InChI is InChI=1S/C18H16O6/c1-8-3-11-15(13(20)4-8)18(23)16-12(17(11)22)5-10(6-14(16)21)24-7-9(2)19/h3-6,11,15,20-21H,7H2,1-2H3. The fourth-order valence-corrected chi connectivity index (χ4v) is 3.12. The van der Waals surface area contributed by atoms with Gasteiger partial charge in [0, 0.05) is 11.6 Å². The Hall–Kier alpha value is -2.89. The molecule has 124 valence electrons. The van der Waals surface area contributed by atoms with Gasteiger partial charge in [0.05, 0.1) is 17.4 Å². The molecule has 0 heterocycles. The van der Waals surface area contributed by atoms with Gasteiger partial charge in [-0.05, 0) is 26.0 Å². The van der Waals surface area contributed by atoms with Crippen molar-refractivity contribution in [3.8, 4) is 11.5 Å². The van der Waals surface area contributed by atoms with Crippen LogP contribution in [0.2, 0.25) is 0 Å². The molecule has 0 aliphatic heterocycles. The number of aromatic hydroxyl groups is 1. The molecule has 0 bridgehead atoms. The van der Waals surface area contributed by atoms with Crippen molar-refractivity contribution < 1.29 is 29.3 Å². The van der Waals surface area contributed by atoms with Gasteiger partial charge in [-0.2, -0.15) is 0 Å². The zero-order valence-corrected chi connectivity index (χ0v) is 13.2. The fraction of sp³-hybridized carbons (Fsp3) is 0.278. The monoisotopic (exact) mass is 328 g/mol. The van der Waals surface area contributed by atoms with Crippen LogP contribution in [0.15, 0.2) is 35.6 Å². The first-order valence-electron chi connectivity index (χ1n) is 7.46. The van der Waals surface area contributed by atoms with E-state index in [1.54, 1.807) is 13.0 Å². The summed E-state index contributed by atoms with van der Waals surface area (Å²) >= 11 is 0. The van der Waals surface area contributed by atoms with Gasteiger partial charge in [-0.3, -0.25) is 14.4 Å². The van der Waals surface area contributed by atoms with Crippen LogP contribution < -0.4 is 4.74 Å². The van der Waals surface area contributed by atoms with Gasteiger partial charge in [0.15, 0.2) is 17.3 Å². The molecule has 24 heavy (non-hydrogen) atoms. The number of aliphatic hydroxyl groups is 1. The summed E-state index contributed by atoms with van der Waals surface area (Å²) in [5.41, 5.74) is 0.606. The molecule has 0 aromatic heterocycles. The lowest BCUT2D eigenvalue weighted by Crippen LogP contribution is -2.38. The van der Waals surface area contributed by atoms with Crippen LogP contribution in [0.1, 0.15) is 34.6 Å². The van der Waals surface area contributed by atoms with Crippen molar-refractivity contribution in [2.24, 2.45) is 11.8 Å². The van der Waals surface area contributed by atoms with Gasteiger partial charge in [-0.15, -0.1) is 0 Å². The molecule has 0 spiro atoms. The van der Waals surface area contributed by atoms with Crippen LogP contribution in [0.3, 0.4) is 0 Å². The first-order chi connectivity index (χ1) is 11.3. The summed E-state index contributed by atoms with van der Waals surface area (Å²) in [6.07, 6.45) is 3.08. The molecule has 3 rings (SSSR count). The number of allylic oxidation sites excluding steroid dienone is 4. The van der Waals surface area contributed by atoms with Crippen LogP contribution in [0.4, 0.5) is 0 Å². The van der Waals surface area contributed by atoms with Crippen LogP contribution in [0, 0.1) is 11.8 Å². The quantitative estimate of drug-likeness (QED) is 0.883. The molecule has 1 aromatic carbocycles. The molecular formula is C18H16O6. The zero-order chi connectivity index (χ0) is 17.6. The number of hydrogen-bond donors (Lipinski definition) is 2. The summed E-state index contributed by atoms with van der Waals surface area (Å²) in [6, 6.07) is 2.55. The van der Waals surface area contributed by atoms with E-state index in [1.807, 2.05) is 0 Å². The highest BCUT2D eigenvalue weighted by Gasteiger charge is 2.45. The largest absolute Gasteiger partial charge is 0.511 e. The average Bonchev–Trinajstić information content (AvgIpc) is 2.49. The maximum Gasteiger partial charge on any atom is 0.178 e. The third-order valence-electron chi connectivity index (χ3n) is 4.13. The molecule has 6 heteroatoms. The average molecular weight is 328 g/mol. The number of phenols is 1. The van der Waals surface area contributed by atoms with E-state index in [1.165, 1.54) is 25.1 Å². The summed E-state index contributed by atoms with van der Waals surface area (Å²) in [5.74, 6) is -3.36. The summed E-state index contributed by atoms with van der Waals surface area (Å²) in [7, 11) is 0. The number of rotatable bonds is 3. The lowest BCUT2D eigenvalue weighted by molar-refractivity contribution is -0.118. The van der Waals surface area contributed by atoms with Gasteiger partial charge >= 0.3 is 0 Å². The summed E-state index contributed by atoms with van der Waals surface area (Å²) in [6.45, 7) is 2.88. The molecular weight excluding hydrogens is 312 g/mol. The minimum Gasteiger partial charge on any atom is -0.511 e. The Morgan fingerprint density at radius 1 is 1.21 bits per heavy atom. The number of phenolic OH excluding ortho intramolecular Hbond substituents is 1. The minimum absolute atomic E-state index is 0.0403. The lowest BCUT2D eigenvalue weighted by atomic mass is 9.70. The van der Waals surface area contributed by atoms with E-state index in [4.69, 9.17) is 4.74 Å². The highest BCUT2D eigenvalue weighted by Crippen LogP contribution is 2.42. The maximum atomic E-state index is 12.8. The minimum atomic E-state index is -1.01. The highest BCUT2D eigenvalue weighted by molar-refractivity contribution is 6.19. The van der Waals surface area contributed by atoms with Crippen LogP contribution in [-0.4, -0.2) is 34.2 Å². The van der Waals surface area contributed by atoms with E-state index in [2.05, 4.69) is 0 Å². The van der Waals surface area contributed by atoms with Gasteiger partial charge in [0.1, 0.15) is 23.9 Å². The van der Waals surface area contributed by atoms with Crippen LogP contribution in [0.5, 0.6) is 11.5 Å². The molecule has 0 fully saturated rings.